The van der Waals surface area contributed by atoms with Crippen LogP contribution in [0.5, 0.6) is 0 Å². The molecule has 0 spiro atoms. The molecule has 3 heterocycles. The van der Waals surface area contributed by atoms with Crippen LogP contribution in [-0.4, -0.2) is 26.1 Å². The molecule has 1 aromatic carbocycles. The summed E-state index contributed by atoms with van der Waals surface area (Å²) < 4.78 is 7.83. The topological polar surface area (TPSA) is 99.1 Å². The van der Waals surface area contributed by atoms with Crippen LogP contribution in [0.3, 0.4) is 0 Å². The van der Waals surface area contributed by atoms with Crippen LogP contribution in [-0.2, 0) is 24.3 Å². The lowest BCUT2D eigenvalue weighted by atomic mass is 10.2. The van der Waals surface area contributed by atoms with E-state index in [4.69, 9.17) is 4.42 Å². The van der Waals surface area contributed by atoms with Crippen LogP contribution in [0.4, 0.5) is 0 Å². The smallest absolute Gasteiger partial charge is 0.318 e. The van der Waals surface area contributed by atoms with E-state index < -0.39 is 11.1 Å². The van der Waals surface area contributed by atoms with Gasteiger partial charge in [-0.15, -0.1) is 0 Å². The van der Waals surface area contributed by atoms with E-state index in [1.807, 2.05) is 43.3 Å². The first kappa shape index (κ1) is 20.3. The summed E-state index contributed by atoms with van der Waals surface area (Å²) in [5, 5.41) is 2.84. The highest BCUT2D eigenvalue weighted by atomic mass is 16.3. The number of rotatable bonds is 7. The Morgan fingerprint density at radius 1 is 1.03 bits per heavy atom. The Bertz CT molecular complexity index is 1310. The molecule has 31 heavy (non-hydrogen) atoms. The zero-order chi connectivity index (χ0) is 21.8. The molecule has 8 heteroatoms. The van der Waals surface area contributed by atoms with Gasteiger partial charge in [-0.25, -0.2) is 4.98 Å². The Labute approximate surface area is 177 Å². The second-order valence-corrected chi connectivity index (χ2v) is 7.37. The third-order valence-electron chi connectivity index (χ3n) is 4.97. The van der Waals surface area contributed by atoms with E-state index in [0.29, 0.717) is 17.6 Å². The lowest BCUT2D eigenvalue weighted by Crippen LogP contribution is -2.45. The van der Waals surface area contributed by atoms with Crippen molar-refractivity contribution < 1.29 is 9.21 Å². The SMILES string of the molecule is C[C@H](Cc1ccco1)NC(=O)Cn1c(=O)c(=O)n(Cc2ccccc2)c2ncccc21. The van der Waals surface area contributed by atoms with Crippen molar-refractivity contribution in [3.8, 4) is 0 Å². The molecule has 0 bridgehead atoms. The van der Waals surface area contributed by atoms with Gasteiger partial charge in [0.1, 0.15) is 12.3 Å². The Balaban J connectivity index is 1.63. The summed E-state index contributed by atoms with van der Waals surface area (Å²) in [4.78, 5) is 42.7. The molecule has 0 saturated heterocycles. The molecule has 158 valence electrons. The van der Waals surface area contributed by atoms with Crippen molar-refractivity contribution in [1.82, 2.24) is 19.4 Å². The fourth-order valence-electron chi connectivity index (χ4n) is 3.56. The van der Waals surface area contributed by atoms with E-state index >= 15 is 0 Å². The van der Waals surface area contributed by atoms with Crippen molar-refractivity contribution in [3.05, 3.63) is 99.1 Å². The number of benzene rings is 1. The van der Waals surface area contributed by atoms with E-state index in [1.165, 1.54) is 9.13 Å². The second-order valence-electron chi connectivity index (χ2n) is 7.37. The van der Waals surface area contributed by atoms with Crippen molar-refractivity contribution >= 4 is 17.1 Å². The molecule has 4 rings (SSSR count). The number of carbonyl (C=O) groups excluding carboxylic acids is 1. The predicted octanol–water partition coefficient (Wildman–Crippen LogP) is 1.95. The first-order chi connectivity index (χ1) is 15.0. The minimum Gasteiger partial charge on any atom is -0.469 e. The molecule has 1 atom stereocenters. The Morgan fingerprint density at radius 2 is 1.81 bits per heavy atom. The lowest BCUT2D eigenvalue weighted by Gasteiger charge is -2.16. The molecule has 4 aromatic rings. The molecular weight excluding hydrogens is 396 g/mol. The Kier molecular flexibility index (Phi) is 5.79. The largest absolute Gasteiger partial charge is 0.469 e. The lowest BCUT2D eigenvalue weighted by molar-refractivity contribution is -0.122. The highest BCUT2D eigenvalue weighted by Crippen LogP contribution is 2.10. The van der Waals surface area contributed by atoms with Gasteiger partial charge in [-0.05, 0) is 36.8 Å². The van der Waals surface area contributed by atoms with Crippen LogP contribution in [0.1, 0.15) is 18.2 Å². The molecule has 0 saturated carbocycles. The molecule has 1 amide bonds. The van der Waals surface area contributed by atoms with Crippen molar-refractivity contribution in [1.29, 1.82) is 0 Å². The number of carbonyl (C=O) groups is 1. The van der Waals surface area contributed by atoms with Gasteiger partial charge in [-0.1, -0.05) is 30.3 Å². The number of pyridine rings is 1. The van der Waals surface area contributed by atoms with E-state index in [9.17, 15) is 14.4 Å². The minimum atomic E-state index is -0.759. The fourth-order valence-corrected chi connectivity index (χ4v) is 3.56. The average molecular weight is 418 g/mol. The van der Waals surface area contributed by atoms with Crippen LogP contribution in [0.25, 0.3) is 11.2 Å². The molecule has 0 unspecified atom stereocenters. The van der Waals surface area contributed by atoms with Gasteiger partial charge in [0.15, 0.2) is 5.65 Å². The zero-order valence-corrected chi connectivity index (χ0v) is 17.0. The van der Waals surface area contributed by atoms with Gasteiger partial charge in [-0.3, -0.25) is 23.5 Å². The molecule has 0 aliphatic rings. The highest BCUT2D eigenvalue weighted by Gasteiger charge is 2.17. The first-order valence-electron chi connectivity index (χ1n) is 9.97. The second kappa shape index (κ2) is 8.83. The summed E-state index contributed by atoms with van der Waals surface area (Å²) in [6, 6.07) is 16.1. The van der Waals surface area contributed by atoms with Crippen molar-refractivity contribution in [3.63, 3.8) is 0 Å². The number of nitrogens with one attached hydrogen (secondary N) is 1. The molecule has 0 fully saturated rings. The maximum absolute atomic E-state index is 12.9. The molecular formula is C23H22N4O4. The molecule has 0 aliphatic carbocycles. The zero-order valence-electron chi connectivity index (χ0n) is 17.0. The van der Waals surface area contributed by atoms with Crippen LogP contribution >= 0.6 is 0 Å². The monoisotopic (exact) mass is 418 g/mol. The molecule has 0 radical (unpaired) electrons. The third-order valence-corrected chi connectivity index (χ3v) is 4.97. The fraction of sp³-hybridized carbons (Fsp3) is 0.217. The van der Waals surface area contributed by atoms with E-state index in [-0.39, 0.29) is 25.0 Å². The Morgan fingerprint density at radius 3 is 2.55 bits per heavy atom. The standard InChI is InChI=1S/C23H22N4O4/c1-16(13-18-9-6-12-31-18)25-20(28)15-26-19-10-5-11-24-21(19)27(23(30)22(26)29)14-17-7-3-2-4-8-17/h2-12,16H,13-15H2,1H3,(H,25,28)/t16-/m1/s1. The van der Waals surface area contributed by atoms with Gasteiger partial charge in [0.25, 0.3) is 0 Å². The molecule has 1 N–H and O–H groups in total. The first-order valence-corrected chi connectivity index (χ1v) is 9.97. The number of nitrogens with zero attached hydrogens (tertiary/aromatic N) is 3. The van der Waals surface area contributed by atoms with Crippen molar-refractivity contribution in [2.24, 2.45) is 0 Å². The van der Waals surface area contributed by atoms with E-state index in [2.05, 4.69) is 10.3 Å². The van der Waals surface area contributed by atoms with Crippen molar-refractivity contribution in [2.75, 3.05) is 0 Å². The van der Waals surface area contributed by atoms with Crippen molar-refractivity contribution in [2.45, 2.75) is 32.5 Å². The average Bonchev–Trinajstić information content (AvgIpc) is 3.28. The number of amides is 1. The Hall–Kier alpha value is -3.94. The third kappa shape index (κ3) is 4.48. The summed E-state index contributed by atoms with van der Waals surface area (Å²) in [6.45, 7) is 1.79. The predicted molar refractivity (Wildman–Crippen MR) is 116 cm³/mol. The van der Waals surface area contributed by atoms with Gasteiger partial charge < -0.3 is 9.73 Å². The summed E-state index contributed by atoms with van der Waals surface area (Å²) in [7, 11) is 0. The summed E-state index contributed by atoms with van der Waals surface area (Å²) in [5.41, 5.74) is 0.180. The molecule has 3 aromatic heterocycles. The number of hydrogen-bond acceptors (Lipinski definition) is 5. The normalized spacial score (nSPS) is 12.0. The number of furan rings is 1. The van der Waals surface area contributed by atoms with Gasteiger partial charge in [-0.2, -0.15) is 0 Å². The number of hydrogen-bond donors (Lipinski definition) is 1. The maximum Gasteiger partial charge on any atom is 0.318 e. The maximum atomic E-state index is 12.9. The van der Waals surface area contributed by atoms with Crippen LogP contribution in [0, 0.1) is 0 Å². The van der Waals surface area contributed by atoms with Gasteiger partial charge in [0.05, 0.1) is 18.3 Å². The van der Waals surface area contributed by atoms with Gasteiger partial charge in [0.2, 0.25) is 5.91 Å². The van der Waals surface area contributed by atoms with Gasteiger partial charge >= 0.3 is 11.1 Å². The van der Waals surface area contributed by atoms with Crippen LogP contribution in [0.2, 0.25) is 0 Å². The summed E-state index contributed by atoms with van der Waals surface area (Å²) in [6.07, 6.45) is 3.66. The minimum absolute atomic E-state index is 0.197. The number of aromatic nitrogens is 3. The van der Waals surface area contributed by atoms with E-state index in [0.717, 1.165) is 11.3 Å². The molecule has 8 nitrogen and oxygen atoms in total. The van der Waals surface area contributed by atoms with Crippen LogP contribution < -0.4 is 16.4 Å². The molecule has 0 aliphatic heterocycles. The quantitative estimate of drug-likeness (QED) is 0.463. The summed E-state index contributed by atoms with van der Waals surface area (Å²) in [5.74, 6) is 0.384. The number of fused-ring (bicyclic) bond motifs is 1. The van der Waals surface area contributed by atoms with Crippen LogP contribution in [0.15, 0.2) is 81.1 Å². The van der Waals surface area contributed by atoms with E-state index in [1.54, 1.807) is 30.7 Å². The highest BCUT2D eigenvalue weighted by molar-refractivity contribution is 5.79. The van der Waals surface area contributed by atoms with Gasteiger partial charge in [0, 0.05) is 18.7 Å². The summed E-state index contributed by atoms with van der Waals surface area (Å²) >= 11 is 0.